The number of methoxy groups -OCH3 is 1. The fraction of sp³-hybridized carbons (Fsp3) is 0.556. The minimum absolute atomic E-state index is 0.0407. The summed E-state index contributed by atoms with van der Waals surface area (Å²) in [6.07, 6.45) is 0.832. The molecule has 1 aliphatic carbocycles. The van der Waals surface area contributed by atoms with Gasteiger partial charge in [0.05, 0.1) is 13.2 Å². The van der Waals surface area contributed by atoms with E-state index in [0.29, 0.717) is 6.42 Å². The Balaban J connectivity index is 1.74. The molecule has 1 aliphatic heterocycles. The van der Waals surface area contributed by atoms with Gasteiger partial charge >= 0.3 is 6.09 Å². The second-order valence-electron chi connectivity index (χ2n) is 7.24. The van der Waals surface area contributed by atoms with Crippen LogP contribution in [0.4, 0.5) is 4.79 Å². The Hall–Kier alpha value is -2.04. The molecule has 5 heteroatoms. The quantitative estimate of drug-likeness (QED) is 0.786. The van der Waals surface area contributed by atoms with Crippen molar-refractivity contribution in [3.63, 3.8) is 0 Å². The molecule has 5 nitrogen and oxygen atoms in total. The summed E-state index contributed by atoms with van der Waals surface area (Å²) in [7, 11) is 1.64. The van der Waals surface area contributed by atoms with Gasteiger partial charge in [-0.15, -0.1) is 0 Å². The summed E-state index contributed by atoms with van der Waals surface area (Å²) in [5.74, 6) is 1.00. The Morgan fingerprint density at radius 1 is 1.26 bits per heavy atom. The van der Waals surface area contributed by atoms with Crippen LogP contribution in [0.25, 0.3) is 0 Å². The average molecular weight is 317 g/mol. The van der Waals surface area contributed by atoms with E-state index in [2.05, 4.69) is 0 Å². The van der Waals surface area contributed by atoms with E-state index in [0.717, 1.165) is 17.7 Å². The van der Waals surface area contributed by atoms with Gasteiger partial charge in [0.2, 0.25) is 0 Å². The van der Waals surface area contributed by atoms with E-state index in [-0.39, 0.29) is 29.9 Å². The molecule has 3 atom stereocenters. The maximum absolute atomic E-state index is 12.4. The van der Waals surface area contributed by atoms with Gasteiger partial charge in [-0.3, -0.25) is 9.69 Å². The summed E-state index contributed by atoms with van der Waals surface area (Å²) in [6, 6.07) is 7.44. The van der Waals surface area contributed by atoms with Crippen molar-refractivity contribution in [2.24, 2.45) is 0 Å². The molecule has 0 N–H and O–H groups in total. The number of hydrogen-bond donors (Lipinski definition) is 0. The van der Waals surface area contributed by atoms with Gasteiger partial charge in [-0.25, -0.2) is 4.79 Å². The summed E-state index contributed by atoms with van der Waals surface area (Å²) < 4.78 is 10.8. The molecule has 2 unspecified atom stereocenters. The molecule has 2 aliphatic rings. The van der Waals surface area contributed by atoms with Crippen LogP contribution in [0.2, 0.25) is 0 Å². The van der Waals surface area contributed by atoms with Crippen LogP contribution in [-0.4, -0.2) is 41.6 Å². The van der Waals surface area contributed by atoms with Gasteiger partial charge < -0.3 is 9.47 Å². The first-order valence-corrected chi connectivity index (χ1v) is 7.99. The highest BCUT2D eigenvalue weighted by atomic mass is 16.6. The van der Waals surface area contributed by atoms with Crippen LogP contribution in [0, 0.1) is 0 Å². The van der Waals surface area contributed by atoms with Crippen molar-refractivity contribution in [2.45, 2.75) is 57.2 Å². The lowest BCUT2D eigenvalue weighted by atomic mass is 9.83. The van der Waals surface area contributed by atoms with E-state index < -0.39 is 5.60 Å². The molecule has 0 bridgehead atoms. The molecule has 124 valence electrons. The summed E-state index contributed by atoms with van der Waals surface area (Å²) in [4.78, 5) is 26.2. The topological polar surface area (TPSA) is 55.6 Å². The number of fused-ring (bicyclic) bond motifs is 1. The third-order valence-corrected chi connectivity index (χ3v) is 4.42. The zero-order valence-electron chi connectivity index (χ0n) is 14.0. The van der Waals surface area contributed by atoms with Gasteiger partial charge in [0.1, 0.15) is 17.4 Å². The molecule has 0 spiro atoms. The normalized spacial score (nSPS) is 26.5. The first-order valence-electron chi connectivity index (χ1n) is 7.99. The van der Waals surface area contributed by atoms with Crippen LogP contribution in [0.15, 0.2) is 24.3 Å². The Kier molecular flexibility index (Phi) is 3.82. The van der Waals surface area contributed by atoms with Crippen LogP contribution < -0.4 is 4.74 Å². The molecular formula is C18H23NO4. The number of rotatable bonds is 2. The van der Waals surface area contributed by atoms with Crippen molar-refractivity contribution < 1.29 is 19.1 Å². The Bertz CT molecular complexity index is 634. The smallest absolute Gasteiger partial charge is 0.411 e. The average Bonchev–Trinajstić information content (AvgIpc) is 3.20. The number of ketones is 1. The molecule has 0 aromatic heterocycles. The molecule has 23 heavy (non-hydrogen) atoms. The summed E-state index contributed by atoms with van der Waals surface area (Å²) in [6.45, 7) is 5.49. The SMILES string of the molecule is COc1ccccc1[C@H]1CC(=O)C2C(C1)N2C(=O)OC(C)(C)C. The van der Waals surface area contributed by atoms with Crippen molar-refractivity contribution in [2.75, 3.05) is 7.11 Å². The van der Waals surface area contributed by atoms with Gasteiger partial charge in [0, 0.05) is 6.42 Å². The number of para-hydroxylation sites is 1. The summed E-state index contributed by atoms with van der Waals surface area (Å²) >= 11 is 0. The van der Waals surface area contributed by atoms with Crippen LogP contribution in [0.5, 0.6) is 5.75 Å². The van der Waals surface area contributed by atoms with E-state index >= 15 is 0 Å². The predicted molar refractivity (Wildman–Crippen MR) is 85.6 cm³/mol. The van der Waals surface area contributed by atoms with Gasteiger partial charge in [0.15, 0.2) is 5.78 Å². The zero-order chi connectivity index (χ0) is 16.8. The zero-order valence-corrected chi connectivity index (χ0v) is 14.0. The second-order valence-corrected chi connectivity index (χ2v) is 7.24. The first-order chi connectivity index (χ1) is 10.8. The fourth-order valence-corrected chi connectivity index (χ4v) is 3.43. The van der Waals surface area contributed by atoms with E-state index in [1.165, 1.54) is 0 Å². The van der Waals surface area contributed by atoms with Crippen molar-refractivity contribution in [1.82, 2.24) is 4.90 Å². The third-order valence-electron chi connectivity index (χ3n) is 4.42. The van der Waals surface area contributed by atoms with Crippen molar-refractivity contribution in [3.05, 3.63) is 29.8 Å². The standard InChI is InChI=1S/C18H23NO4/c1-18(2,3)23-17(21)19-13-9-11(10-14(20)16(13)19)12-7-5-6-8-15(12)22-4/h5-8,11,13,16H,9-10H2,1-4H3/t11-,13?,16?,19?/m1/s1. The molecule has 1 heterocycles. The molecule has 1 aromatic rings. The van der Waals surface area contributed by atoms with E-state index in [1.54, 1.807) is 12.0 Å². The van der Waals surface area contributed by atoms with Crippen molar-refractivity contribution >= 4 is 11.9 Å². The lowest BCUT2D eigenvalue weighted by Gasteiger charge is -2.21. The van der Waals surface area contributed by atoms with Crippen LogP contribution in [0.3, 0.4) is 0 Å². The number of likely N-dealkylation sites (tertiary alicyclic amines) is 1. The number of benzene rings is 1. The number of hydrogen-bond acceptors (Lipinski definition) is 4. The minimum Gasteiger partial charge on any atom is -0.496 e. The lowest BCUT2D eigenvalue weighted by molar-refractivity contribution is -0.120. The Labute approximate surface area is 136 Å². The number of carbonyl (C=O) groups is 2. The highest BCUT2D eigenvalue weighted by molar-refractivity contribution is 5.95. The number of amides is 1. The molecule has 1 saturated heterocycles. The summed E-state index contributed by atoms with van der Waals surface area (Å²) in [5.41, 5.74) is 0.492. The van der Waals surface area contributed by atoms with Gasteiger partial charge in [0.25, 0.3) is 0 Å². The van der Waals surface area contributed by atoms with Crippen LogP contribution in [0.1, 0.15) is 45.1 Å². The fourth-order valence-electron chi connectivity index (χ4n) is 3.43. The third kappa shape index (κ3) is 3.05. The number of carbonyl (C=O) groups excluding carboxylic acids is 2. The number of Topliss-reactive ketones (excluding diaryl/α,β-unsaturated/α-hetero) is 1. The van der Waals surface area contributed by atoms with Crippen LogP contribution >= 0.6 is 0 Å². The molecular weight excluding hydrogens is 294 g/mol. The molecule has 1 amide bonds. The van der Waals surface area contributed by atoms with Crippen molar-refractivity contribution in [1.29, 1.82) is 0 Å². The maximum atomic E-state index is 12.4. The molecule has 2 fully saturated rings. The highest BCUT2D eigenvalue weighted by Gasteiger charge is 2.60. The molecule has 1 saturated carbocycles. The van der Waals surface area contributed by atoms with Gasteiger partial charge in [-0.05, 0) is 44.7 Å². The lowest BCUT2D eigenvalue weighted by Crippen LogP contribution is -2.29. The van der Waals surface area contributed by atoms with Crippen molar-refractivity contribution in [3.8, 4) is 5.75 Å². The van der Waals surface area contributed by atoms with E-state index in [9.17, 15) is 9.59 Å². The van der Waals surface area contributed by atoms with Crippen LogP contribution in [-0.2, 0) is 9.53 Å². The molecule has 1 aromatic carbocycles. The molecule has 3 rings (SSSR count). The maximum Gasteiger partial charge on any atom is 0.411 e. The van der Waals surface area contributed by atoms with Gasteiger partial charge in [-0.2, -0.15) is 0 Å². The molecule has 0 radical (unpaired) electrons. The van der Waals surface area contributed by atoms with E-state index in [1.807, 2.05) is 45.0 Å². The summed E-state index contributed by atoms with van der Waals surface area (Å²) in [5, 5.41) is 0. The predicted octanol–water partition coefficient (Wildman–Crippen LogP) is 3.13. The first kappa shape index (κ1) is 15.8. The van der Waals surface area contributed by atoms with E-state index in [4.69, 9.17) is 9.47 Å². The number of ether oxygens (including phenoxy) is 2. The minimum atomic E-state index is -0.548. The highest BCUT2D eigenvalue weighted by Crippen LogP contribution is 2.46. The Morgan fingerprint density at radius 2 is 1.96 bits per heavy atom. The van der Waals surface area contributed by atoms with Gasteiger partial charge in [-0.1, -0.05) is 18.2 Å². The number of nitrogens with zero attached hydrogens (tertiary/aromatic N) is 1. The monoisotopic (exact) mass is 317 g/mol. The largest absolute Gasteiger partial charge is 0.496 e. The Morgan fingerprint density at radius 3 is 2.61 bits per heavy atom. The second kappa shape index (κ2) is 5.55.